The van der Waals surface area contributed by atoms with Gasteiger partial charge in [0.05, 0.1) is 6.42 Å². The number of nitrogens with one attached hydrogen (secondary N) is 1. The van der Waals surface area contributed by atoms with Crippen molar-refractivity contribution in [2.75, 3.05) is 13.1 Å². The Labute approximate surface area is 135 Å². The molecule has 0 bridgehead atoms. The number of hydrogen-bond donors (Lipinski definition) is 1. The van der Waals surface area contributed by atoms with Crippen LogP contribution in [0.4, 0.5) is 0 Å². The first-order chi connectivity index (χ1) is 11.1. The molecule has 1 aliphatic carbocycles. The Balaban J connectivity index is 1.44. The smallest absolute Gasteiger partial charge is 0.140 e. The minimum atomic E-state index is -0.0386. The van der Waals surface area contributed by atoms with Gasteiger partial charge in [0, 0.05) is 36.5 Å². The number of benzene rings is 1. The van der Waals surface area contributed by atoms with Crippen molar-refractivity contribution in [2.45, 2.75) is 38.6 Å². The predicted molar refractivity (Wildman–Crippen MR) is 89.1 cm³/mol. The van der Waals surface area contributed by atoms with Crippen LogP contribution in [0.15, 0.2) is 30.5 Å². The lowest BCUT2D eigenvalue weighted by Crippen LogP contribution is -2.44. The van der Waals surface area contributed by atoms with E-state index in [1.165, 1.54) is 16.5 Å². The van der Waals surface area contributed by atoms with Gasteiger partial charge in [-0.3, -0.25) is 14.5 Å². The van der Waals surface area contributed by atoms with Gasteiger partial charge in [-0.15, -0.1) is 0 Å². The summed E-state index contributed by atoms with van der Waals surface area (Å²) in [6, 6.07) is 8.38. The summed E-state index contributed by atoms with van der Waals surface area (Å²) in [5.74, 6) is 0.289. The predicted octanol–water partition coefficient (Wildman–Crippen LogP) is 3.07. The molecule has 1 spiro atoms. The van der Waals surface area contributed by atoms with E-state index in [9.17, 15) is 9.59 Å². The van der Waals surface area contributed by atoms with E-state index in [1.54, 1.807) is 0 Å². The van der Waals surface area contributed by atoms with Crippen LogP contribution < -0.4 is 0 Å². The van der Waals surface area contributed by atoms with Crippen LogP contribution in [0.5, 0.6) is 0 Å². The minimum Gasteiger partial charge on any atom is -0.361 e. The zero-order chi connectivity index (χ0) is 15.9. The summed E-state index contributed by atoms with van der Waals surface area (Å²) in [7, 11) is 0. The first-order valence-electron chi connectivity index (χ1n) is 8.44. The van der Waals surface area contributed by atoms with Crippen molar-refractivity contribution in [3.8, 4) is 0 Å². The van der Waals surface area contributed by atoms with Crippen molar-refractivity contribution in [2.24, 2.45) is 5.41 Å². The van der Waals surface area contributed by atoms with E-state index in [-0.39, 0.29) is 23.4 Å². The van der Waals surface area contributed by atoms with Crippen molar-refractivity contribution in [1.29, 1.82) is 0 Å². The van der Waals surface area contributed by atoms with E-state index in [4.69, 9.17) is 0 Å². The zero-order valence-corrected chi connectivity index (χ0v) is 13.3. The molecule has 1 aromatic carbocycles. The molecule has 23 heavy (non-hydrogen) atoms. The monoisotopic (exact) mass is 310 g/mol. The van der Waals surface area contributed by atoms with Gasteiger partial charge in [0.15, 0.2) is 0 Å². The average Bonchev–Trinajstić information content (AvgIpc) is 2.92. The van der Waals surface area contributed by atoms with E-state index in [1.807, 2.05) is 6.07 Å². The molecule has 4 nitrogen and oxygen atoms in total. The van der Waals surface area contributed by atoms with E-state index in [0.29, 0.717) is 12.8 Å². The van der Waals surface area contributed by atoms with E-state index in [0.717, 1.165) is 32.5 Å². The lowest BCUT2D eigenvalue weighted by Gasteiger charge is -2.43. The number of likely N-dealkylation sites (tertiary alicyclic amines) is 1. The summed E-state index contributed by atoms with van der Waals surface area (Å²) in [5.41, 5.74) is 2.47. The van der Waals surface area contributed by atoms with Crippen molar-refractivity contribution < 1.29 is 9.59 Å². The molecule has 1 N–H and O–H groups in total. The topological polar surface area (TPSA) is 53.2 Å². The van der Waals surface area contributed by atoms with Crippen molar-refractivity contribution in [3.05, 3.63) is 36.0 Å². The maximum Gasteiger partial charge on any atom is 0.140 e. The molecule has 2 heterocycles. The number of carbonyl (C=O) groups is 2. The quantitative estimate of drug-likeness (QED) is 0.867. The van der Waals surface area contributed by atoms with Crippen LogP contribution in [0, 0.1) is 5.41 Å². The molecule has 2 aliphatic rings. The highest BCUT2D eigenvalue weighted by Gasteiger charge is 2.41. The number of ketones is 2. The van der Waals surface area contributed by atoms with E-state index < -0.39 is 0 Å². The number of H-pyrrole nitrogens is 1. The lowest BCUT2D eigenvalue weighted by molar-refractivity contribution is -0.135. The van der Waals surface area contributed by atoms with Gasteiger partial charge in [0.2, 0.25) is 0 Å². The second kappa shape index (κ2) is 5.60. The number of piperidine rings is 1. The Hall–Kier alpha value is -1.94. The third-order valence-corrected chi connectivity index (χ3v) is 5.52. The van der Waals surface area contributed by atoms with Crippen LogP contribution in [-0.4, -0.2) is 34.5 Å². The van der Waals surface area contributed by atoms with Crippen molar-refractivity contribution in [3.63, 3.8) is 0 Å². The first-order valence-corrected chi connectivity index (χ1v) is 8.44. The molecule has 0 unspecified atom stereocenters. The Bertz CT molecular complexity index is 736. The fourth-order valence-corrected chi connectivity index (χ4v) is 4.29. The molecule has 1 saturated carbocycles. The number of aromatic amines is 1. The maximum absolute atomic E-state index is 11.8. The number of aromatic nitrogens is 1. The number of Topliss-reactive ketones (excluding diaryl/α,β-unsaturated/α-hetero) is 2. The molecule has 2 fully saturated rings. The van der Waals surface area contributed by atoms with Gasteiger partial charge in [-0.25, -0.2) is 0 Å². The molecule has 4 heteroatoms. The Morgan fingerprint density at radius 2 is 1.74 bits per heavy atom. The highest BCUT2D eigenvalue weighted by atomic mass is 16.1. The molecule has 120 valence electrons. The molecule has 1 aliphatic heterocycles. The van der Waals surface area contributed by atoms with Crippen LogP contribution in [0.3, 0.4) is 0 Å². The second-order valence-corrected chi connectivity index (χ2v) is 7.24. The lowest BCUT2D eigenvalue weighted by atomic mass is 9.67. The summed E-state index contributed by atoms with van der Waals surface area (Å²) in [6.07, 6.45) is 5.42. The molecule has 0 amide bonds. The summed E-state index contributed by atoms with van der Waals surface area (Å²) in [6.45, 7) is 2.88. The van der Waals surface area contributed by atoms with Gasteiger partial charge < -0.3 is 4.98 Å². The Morgan fingerprint density at radius 1 is 1.04 bits per heavy atom. The number of rotatable bonds is 2. The number of nitrogens with zero attached hydrogens (tertiary/aromatic N) is 1. The van der Waals surface area contributed by atoms with Crippen LogP contribution >= 0.6 is 0 Å². The van der Waals surface area contributed by atoms with Crippen LogP contribution in [0.2, 0.25) is 0 Å². The normalized spacial score (nSPS) is 22.1. The molecular weight excluding hydrogens is 288 g/mol. The third kappa shape index (κ3) is 2.83. The average molecular weight is 310 g/mol. The molecule has 1 aromatic heterocycles. The summed E-state index contributed by atoms with van der Waals surface area (Å²) < 4.78 is 0. The number of carbonyl (C=O) groups excluding carboxylic acids is 2. The molecule has 2 aromatic rings. The van der Waals surface area contributed by atoms with Gasteiger partial charge in [0.25, 0.3) is 0 Å². The molecule has 1 saturated heterocycles. The van der Waals surface area contributed by atoms with Gasteiger partial charge in [-0.1, -0.05) is 18.2 Å². The fraction of sp³-hybridized carbons (Fsp3) is 0.474. The number of fused-ring (bicyclic) bond motifs is 1. The van der Waals surface area contributed by atoms with Gasteiger partial charge in [0.1, 0.15) is 11.6 Å². The molecule has 0 radical (unpaired) electrons. The largest absolute Gasteiger partial charge is 0.361 e. The number of hydrogen-bond acceptors (Lipinski definition) is 3. The van der Waals surface area contributed by atoms with Crippen LogP contribution in [0.25, 0.3) is 10.9 Å². The fourth-order valence-electron chi connectivity index (χ4n) is 4.29. The molecule has 4 rings (SSSR count). The number of para-hydroxylation sites is 1. The highest BCUT2D eigenvalue weighted by molar-refractivity contribution is 6.02. The van der Waals surface area contributed by atoms with Gasteiger partial charge in [-0.2, -0.15) is 0 Å². The standard InChI is InChI=1S/C19H22N2O2/c22-15-9-16(23)11-19(10-15)5-7-21(8-6-19)13-14-12-20-18-4-2-1-3-17(14)18/h1-4,12,20H,5-11,13H2. The Morgan fingerprint density at radius 3 is 2.48 bits per heavy atom. The highest BCUT2D eigenvalue weighted by Crippen LogP contribution is 2.42. The third-order valence-electron chi connectivity index (χ3n) is 5.52. The summed E-state index contributed by atoms with van der Waals surface area (Å²) in [4.78, 5) is 29.4. The van der Waals surface area contributed by atoms with Crippen molar-refractivity contribution in [1.82, 2.24) is 9.88 Å². The first kappa shape index (κ1) is 14.6. The van der Waals surface area contributed by atoms with Crippen LogP contribution in [0.1, 0.15) is 37.7 Å². The van der Waals surface area contributed by atoms with E-state index >= 15 is 0 Å². The van der Waals surface area contributed by atoms with Crippen LogP contribution in [-0.2, 0) is 16.1 Å². The zero-order valence-electron chi connectivity index (χ0n) is 13.3. The van der Waals surface area contributed by atoms with Crippen molar-refractivity contribution >= 4 is 22.5 Å². The van der Waals surface area contributed by atoms with E-state index in [2.05, 4.69) is 34.3 Å². The maximum atomic E-state index is 11.8. The second-order valence-electron chi connectivity index (χ2n) is 7.24. The SMILES string of the molecule is O=C1CC(=O)CC2(CCN(Cc3c[nH]c4ccccc34)CC2)C1. The minimum absolute atomic E-state index is 0.0386. The van der Waals surface area contributed by atoms with Gasteiger partial charge in [-0.05, 0) is 43.0 Å². The summed E-state index contributed by atoms with van der Waals surface area (Å²) in [5, 5.41) is 1.29. The van der Waals surface area contributed by atoms with Gasteiger partial charge >= 0.3 is 0 Å². The molecular formula is C19H22N2O2. The summed E-state index contributed by atoms with van der Waals surface area (Å²) >= 11 is 0. The molecule has 0 atom stereocenters. The Kier molecular flexibility index (Phi) is 3.57.